The second kappa shape index (κ2) is 6.72. The van der Waals surface area contributed by atoms with Crippen LogP contribution in [0, 0.1) is 5.82 Å². The number of pyridine rings is 1. The lowest BCUT2D eigenvalue weighted by atomic mass is 10.2. The van der Waals surface area contributed by atoms with E-state index >= 15 is 0 Å². The van der Waals surface area contributed by atoms with E-state index in [1.54, 1.807) is 54.7 Å². The zero-order valence-corrected chi connectivity index (χ0v) is 13.7. The third kappa shape index (κ3) is 3.02. The van der Waals surface area contributed by atoms with Gasteiger partial charge in [-0.1, -0.05) is 36.4 Å². The van der Waals surface area contributed by atoms with Crippen LogP contribution < -0.4 is 5.56 Å². The molecule has 126 valence electrons. The maximum atomic E-state index is 13.1. The quantitative estimate of drug-likeness (QED) is 0.563. The Morgan fingerprint density at radius 1 is 0.885 bits per heavy atom. The number of rotatable bonds is 3. The van der Waals surface area contributed by atoms with Crippen molar-refractivity contribution in [3.05, 3.63) is 100 Å². The molecule has 2 aromatic heterocycles. The Hall–Kier alpha value is -3.60. The molecule has 0 aliphatic heterocycles. The summed E-state index contributed by atoms with van der Waals surface area (Å²) >= 11 is 0. The highest BCUT2D eigenvalue weighted by molar-refractivity contribution is 5.79. The van der Waals surface area contributed by atoms with Crippen LogP contribution in [0.3, 0.4) is 0 Å². The Kier molecular flexibility index (Phi) is 4.11. The van der Waals surface area contributed by atoms with E-state index in [2.05, 4.69) is 9.97 Å². The minimum absolute atomic E-state index is 0.187. The number of fused-ring (bicyclic) bond motifs is 1. The van der Waals surface area contributed by atoms with E-state index in [1.807, 2.05) is 18.2 Å². The molecule has 0 spiro atoms. The molecule has 4 rings (SSSR count). The molecule has 0 saturated heterocycles. The minimum Gasteiger partial charge on any atom is -0.268 e. The van der Waals surface area contributed by atoms with E-state index in [1.165, 1.54) is 16.7 Å². The van der Waals surface area contributed by atoms with Crippen molar-refractivity contribution in [1.82, 2.24) is 14.5 Å². The molecule has 4 aromatic rings. The third-order valence-electron chi connectivity index (χ3n) is 3.97. The van der Waals surface area contributed by atoms with Crippen LogP contribution in [0.25, 0.3) is 28.9 Å². The molecule has 0 atom stereocenters. The van der Waals surface area contributed by atoms with Crippen LogP contribution in [0.4, 0.5) is 4.39 Å². The van der Waals surface area contributed by atoms with Gasteiger partial charge in [0, 0.05) is 6.20 Å². The average Bonchev–Trinajstić information content (AvgIpc) is 2.68. The van der Waals surface area contributed by atoms with Crippen LogP contribution in [0.2, 0.25) is 0 Å². The Labute approximate surface area is 148 Å². The predicted octanol–water partition coefficient (Wildman–Crippen LogP) is 4.09. The smallest absolute Gasteiger partial charge is 0.267 e. The standard InChI is InChI=1S/C21H14FN3O/c22-16-11-8-15(9-12-16)10-13-20-24-18-6-2-1-5-17(18)21(26)25(20)19-7-3-4-14-23-19/h1-14H/b13-10+. The van der Waals surface area contributed by atoms with Crippen LogP contribution in [-0.4, -0.2) is 14.5 Å². The molecule has 0 N–H and O–H groups in total. The van der Waals surface area contributed by atoms with Crippen LogP contribution in [0.15, 0.2) is 77.7 Å². The molecule has 0 saturated carbocycles. The first-order valence-corrected chi connectivity index (χ1v) is 8.09. The van der Waals surface area contributed by atoms with Crippen LogP contribution in [0.5, 0.6) is 0 Å². The summed E-state index contributed by atoms with van der Waals surface area (Å²) in [7, 11) is 0. The maximum absolute atomic E-state index is 13.1. The Balaban J connectivity index is 1.92. The molecule has 0 unspecified atom stereocenters. The Morgan fingerprint density at radius 2 is 1.65 bits per heavy atom. The number of para-hydroxylation sites is 1. The van der Waals surface area contributed by atoms with Crippen molar-refractivity contribution in [3.63, 3.8) is 0 Å². The summed E-state index contributed by atoms with van der Waals surface area (Å²) in [4.78, 5) is 21.9. The largest absolute Gasteiger partial charge is 0.268 e. The maximum Gasteiger partial charge on any atom is 0.267 e. The normalized spacial score (nSPS) is 11.3. The summed E-state index contributed by atoms with van der Waals surface area (Å²) in [6.45, 7) is 0. The summed E-state index contributed by atoms with van der Waals surface area (Å²) in [5.74, 6) is 0.655. The molecule has 26 heavy (non-hydrogen) atoms. The van der Waals surface area contributed by atoms with Gasteiger partial charge in [-0.2, -0.15) is 0 Å². The van der Waals surface area contributed by atoms with Crippen molar-refractivity contribution in [2.45, 2.75) is 0 Å². The lowest BCUT2D eigenvalue weighted by Crippen LogP contribution is -2.23. The molecular formula is C21H14FN3O. The highest BCUT2D eigenvalue weighted by Crippen LogP contribution is 2.14. The summed E-state index contributed by atoms with van der Waals surface area (Å²) in [5.41, 5.74) is 1.23. The summed E-state index contributed by atoms with van der Waals surface area (Å²) in [6.07, 6.45) is 5.15. The molecule has 0 aliphatic carbocycles. The number of hydrogen-bond acceptors (Lipinski definition) is 3. The van der Waals surface area contributed by atoms with Crippen molar-refractivity contribution in [1.29, 1.82) is 0 Å². The number of aromatic nitrogens is 3. The molecule has 0 bridgehead atoms. The lowest BCUT2D eigenvalue weighted by molar-refractivity contribution is 0.628. The zero-order valence-electron chi connectivity index (χ0n) is 13.7. The highest BCUT2D eigenvalue weighted by Gasteiger charge is 2.11. The van der Waals surface area contributed by atoms with Gasteiger partial charge < -0.3 is 0 Å². The molecule has 0 aliphatic rings. The van der Waals surface area contributed by atoms with Crippen LogP contribution in [0.1, 0.15) is 11.4 Å². The topological polar surface area (TPSA) is 47.8 Å². The fraction of sp³-hybridized carbons (Fsp3) is 0. The van der Waals surface area contributed by atoms with Crippen molar-refractivity contribution in [3.8, 4) is 5.82 Å². The van der Waals surface area contributed by atoms with Gasteiger partial charge in [0.2, 0.25) is 0 Å². The molecular weight excluding hydrogens is 329 g/mol. The molecule has 4 nitrogen and oxygen atoms in total. The molecule has 0 fully saturated rings. The fourth-order valence-electron chi connectivity index (χ4n) is 2.71. The second-order valence-corrected chi connectivity index (χ2v) is 5.70. The molecule has 5 heteroatoms. The summed E-state index contributed by atoms with van der Waals surface area (Å²) < 4.78 is 14.5. The first kappa shape index (κ1) is 15.9. The van der Waals surface area contributed by atoms with Gasteiger partial charge in [0.05, 0.1) is 10.9 Å². The Morgan fingerprint density at radius 3 is 2.42 bits per heavy atom. The van der Waals surface area contributed by atoms with E-state index in [9.17, 15) is 9.18 Å². The number of benzene rings is 2. The third-order valence-corrected chi connectivity index (χ3v) is 3.97. The molecule has 0 radical (unpaired) electrons. The van der Waals surface area contributed by atoms with Gasteiger partial charge in [0.1, 0.15) is 17.5 Å². The molecule has 0 amide bonds. The van der Waals surface area contributed by atoms with Gasteiger partial charge in [-0.15, -0.1) is 0 Å². The van der Waals surface area contributed by atoms with E-state index in [-0.39, 0.29) is 11.4 Å². The fourth-order valence-corrected chi connectivity index (χ4v) is 2.71. The van der Waals surface area contributed by atoms with Gasteiger partial charge in [-0.25, -0.2) is 18.9 Å². The average molecular weight is 343 g/mol. The first-order valence-electron chi connectivity index (χ1n) is 8.09. The molecule has 2 heterocycles. The summed E-state index contributed by atoms with van der Waals surface area (Å²) in [5, 5.41) is 0.525. The van der Waals surface area contributed by atoms with Crippen molar-refractivity contribution in [2.24, 2.45) is 0 Å². The lowest BCUT2D eigenvalue weighted by Gasteiger charge is -2.10. The van der Waals surface area contributed by atoms with Crippen LogP contribution in [-0.2, 0) is 0 Å². The van der Waals surface area contributed by atoms with E-state index in [0.717, 1.165) is 5.56 Å². The number of hydrogen-bond donors (Lipinski definition) is 0. The Bertz CT molecular complexity index is 1150. The minimum atomic E-state index is -0.295. The van der Waals surface area contributed by atoms with Crippen molar-refractivity contribution < 1.29 is 4.39 Å². The predicted molar refractivity (Wildman–Crippen MR) is 100 cm³/mol. The van der Waals surface area contributed by atoms with Gasteiger partial charge in [0.15, 0.2) is 0 Å². The second-order valence-electron chi connectivity index (χ2n) is 5.70. The van der Waals surface area contributed by atoms with Crippen LogP contribution >= 0.6 is 0 Å². The molecule has 2 aromatic carbocycles. The number of nitrogens with zero attached hydrogens (tertiary/aromatic N) is 3. The van der Waals surface area contributed by atoms with Gasteiger partial charge >= 0.3 is 0 Å². The van der Waals surface area contributed by atoms with E-state index in [0.29, 0.717) is 22.5 Å². The zero-order chi connectivity index (χ0) is 17.9. The monoisotopic (exact) mass is 343 g/mol. The first-order chi connectivity index (χ1) is 12.7. The van der Waals surface area contributed by atoms with E-state index < -0.39 is 0 Å². The SMILES string of the molecule is O=c1c2ccccc2nc(/C=C/c2ccc(F)cc2)n1-c1ccccn1. The van der Waals surface area contributed by atoms with Gasteiger partial charge in [0.25, 0.3) is 5.56 Å². The van der Waals surface area contributed by atoms with Crippen molar-refractivity contribution >= 4 is 23.1 Å². The van der Waals surface area contributed by atoms with E-state index in [4.69, 9.17) is 0 Å². The number of halogens is 1. The summed E-state index contributed by atoms with van der Waals surface area (Å²) in [6, 6.07) is 18.7. The van der Waals surface area contributed by atoms with Gasteiger partial charge in [-0.05, 0) is 48.0 Å². The van der Waals surface area contributed by atoms with Crippen molar-refractivity contribution in [2.75, 3.05) is 0 Å². The highest BCUT2D eigenvalue weighted by atomic mass is 19.1. The van der Waals surface area contributed by atoms with Gasteiger partial charge in [-0.3, -0.25) is 4.79 Å².